The van der Waals surface area contributed by atoms with Crippen LogP contribution in [0.5, 0.6) is 0 Å². The van der Waals surface area contributed by atoms with Crippen molar-refractivity contribution < 1.29 is 4.42 Å². The van der Waals surface area contributed by atoms with Crippen molar-refractivity contribution in [3.8, 4) is 56.3 Å². The summed E-state index contributed by atoms with van der Waals surface area (Å²) in [6.07, 6.45) is 0. The topological polar surface area (TPSA) is 51.8 Å². The third kappa shape index (κ3) is 4.96. The van der Waals surface area contributed by atoms with Gasteiger partial charge in [0, 0.05) is 27.6 Å². The summed E-state index contributed by atoms with van der Waals surface area (Å²) in [5, 5.41) is 5.22. The van der Waals surface area contributed by atoms with Crippen molar-refractivity contribution in [2.24, 2.45) is 0 Å². The molecule has 0 saturated carbocycles. The third-order valence-electron chi connectivity index (χ3n) is 9.70. The zero-order valence-corrected chi connectivity index (χ0v) is 27.5. The Morgan fingerprint density at radius 3 is 1.75 bits per heavy atom. The van der Waals surface area contributed by atoms with Crippen LogP contribution in [0, 0.1) is 0 Å². The van der Waals surface area contributed by atoms with Gasteiger partial charge in [-0.3, -0.25) is 0 Å². The van der Waals surface area contributed by atoms with Crippen molar-refractivity contribution in [3.05, 3.63) is 176 Å². The lowest BCUT2D eigenvalue weighted by molar-refractivity contribution is 0.672. The molecule has 0 N–H and O–H groups in total. The Hall–Kier alpha value is -6.91. The van der Waals surface area contributed by atoms with Gasteiger partial charge in [-0.05, 0) is 40.1 Å². The van der Waals surface area contributed by atoms with Gasteiger partial charge in [-0.1, -0.05) is 158 Å². The lowest BCUT2D eigenvalue weighted by atomic mass is 9.96. The number of furan rings is 1. The fourth-order valence-corrected chi connectivity index (χ4v) is 7.25. The van der Waals surface area contributed by atoms with Crippen molar-refractivity contribution in [1.82, 2.24) is 15.0 Å². The molecule has 0 atom stereocenters. The molecule has 4 nitrogen and oxygen atoms in total. The summed E-state index contributed by atoms with van der Waals surface area (Å²) in [4.78, 5) is 15.9. The highest BCUT2D eigenvalue weighted by molar-refractivity contribution is 6.23. The largest absolute Gasteiger partial charge is 0.455 e. The fraction of sp³-hybridized carbons (Fsp3) is 0. The summed E-state index contributed by atoms with van der Waals surface area (Å²) in [7, 11) is 0. The van der Waals surface area contributed by atoms with Crippen LogP contribution in [0.15, 0.2) is 180 Å². The van der Waals surface area contributed by atoms with E-state index < -0.39 is 0 Å². The summed E-state index contributed by atoms with van der Waals surface area (Å²) in [5.41, 5.74) is 11.3. The van der Waals surface area contributed by atoms with E-state index in [1.54, 1.807) is 0 Å². The quantitative estimate of drug-likeness (QED) is 0.186. The molecule has 7 aromatic carbocycles. The van der Waals surface area contributed by atoms with E-state index in [1.165, 1.54) is 10.9 Å². The van der Waals surface area contributed by atoms with Crippen LogP contribution in [-0.4, -0.2) is 15.0 Å². The normalized spacial score (nSPS) is 11.5. The number of rotatable bonds is 5. The summed E-state index contributed by atoms with van der Waals surface area (Å²) in [5.74, 6) is 0.616. The Labute approximate surface area is 294 Å². The van der Waals surface area contributed by atoms with Gasteiger partial charge in [-0.2, -0.15) is 0 Å². The number of hydrogen-bond acceptors (Lipinski definition) is 4. The molecule has 3 heterocycles. The molecular weight excluding hydrogens is 623 g/mol. The first-order valence-electron chi connectivity index (χ1n) is 17.1. The highest BCUT2D eigenvalue weighted by Gasteiger charge is 2.22. The van der Waals surface area contributed by atoms with Gasteiger partial charge in [0.2, 0.25) is 0 Å². The van der Waals surface area contributed by atoms with E-state index in [2.05, 4.69) is 133 Å². The molecule has 0 saturated heterocycles. The van der Waals surface area contributed by atoms with Gasteiger partial charge >= 0.3 is 0 Å². The molecule has 0 bridgehead atoms. The van der Waals surface area contributed by atoms with E-state index in [9.17, 15) is 0 Å². The molecule has 0 aliphatic carbocycles. The first-order valence-corrected chi connectivity index (χ1v) is 17.1. The molecular formula is C47H29N3O. The molecule has 4 heteroatoms. The van der Waals surface area contributed by atoms with Crippen LogP contribution in [0.2, 0.25) is 0 Å². The van der Waals surface area contributed by atoms with Crippen molar-refractivity contribution in [3.63, 3.8) is 0 Å². The van der Waals surface area contributed by atoms with Crippen LogP contribution in [0.3, 0.4) is 0 Å². The Bertz CT molecular complexity index is 2890. The van der Waals surface area contributed by atoms with E-state index >= 15 is 0 Å². The van der Waals surface area contributed by atoms with Crippen LogP contribution in [0.4, 0.5) is 0 Å². The van der Waals surface area contributed by atoms with E-state index in [4.69, 9.17) is 19.4 Å². The van der Waals surface area contributed by atoms with Gasteiger partial charge in [0.05, 0.1) is 33.4 Å². The Balaban J connectivity index is 1.23. The van der Waals surface area contributed by atoms with Gasteiger partial charge in [0.15, 0.2) is 5.82 Å². The van der Waals surface area contributed by atoms with Crippen molar-refractivity contribution in [2.75, 3.05) is 0 Å². The number of fused-ring (bicyclic) bond motifs is 6. The molecule has 0 spiro atoms. The predicted octanol–water partition coefficient (Wildman–Crippen LogP) is 12.4. The second-order valence-corrected chi connectivity index (χ2v) is 12.8. The highest BCUT2D eigenvalue weighted by Crippen LogP contribution is 2.44. The SMILES string of the molecule is c1ccc(-c2ccc(-c3cc(-c4ccccc4)nc(-c4cccc5nc(-c6cccc7ccccc67)c6c7ccccc7oc6c45)n3)cc2)cc1. The van der Waals surface area contributed by atoms with Gasteiger partial charge in [0.1, 0.15) is 11.2 Å². The van der Waals surface area contributed by atoms with Gasteiger partial charge in [-0.25, -0.2) is 15.0 Å². The predicted molar refractivity (Wildman–Crippen MR) is 209 cm³/mol. The van der Waals surface area contributed by atoms with Crippen LogP contribution in [-0.2, 0) is 0 Å². The standard InChI is InChI=1S/C47H29N3O/c1-3-13-30(14-4-1)31-25-27-34(28-26-31)41-29-40(33-16-5-2-6-17-33)49-47(50-41)38-22-12-23-39-43(38)46-44(37-20-9-10-24-42(37)51-46)45(48-39)36-21-11-18-32-15-7-8-19-35(32)36/h1-29H. The maximum Gasteiger partial charge on any atom is 0.161 e. The zero-order chi connectivity index (χ0) is 33.7. The maximum atomic E-state index is 6.79. The second-order valence-electron chi connectivity index (χ2n) is 12.8. The number of hydrogen-bond donors (Lipinski definition) is 0. The molecule has 10 rings (SSSR count). The summed E-state index contributed by atoms with van der Waals surface area (Å²) in [6, 6.07) is 60.7. The molecule has 3 aromatic heterocycles. The third-order valence-corrected chi connectivity index (χ3v) is 9.70. The van der Waals surface area contributed by atoms with E-state index in [0.717, 1.165) is 83.1 Å². The molecule has 0 unspecified atom stereocenters. The molecule has 0 radical (unpaired) electrons. The molecule has 51 heavy (non-hydrogen) atoms. The number of pyridine rings is 1. The maximum absolute atomic E-state index is 6.79. The minimum atomic E-state index is 0.616. The highest BCUT2D eigenvalue weighted by atomic mass is 16.3. The molecule has 238 valence electrons. The van der Waals surface area contributed by atoms with Crippen LogP contribution >= 0.6 is 0 Å². The summed E-state index contributed by atoms with van der Waals surface area (Å²) < 4.78 is 6.79. The molecule has 0 aliphatic heterocycles. The Morgan fingerprint density at radius 2 is 0.961 bits per heavy atom. The van der Waals surface area contributed by atoms with E-state index in [1.807, 2.05) is 42.5 Å². The minimum absolute atomic E-state index is 0.616. The summed E-state index contributed by atoms with van der Waals surface area (Å²) in [6.45, 7) is 0. The average Bonchev–Trinajstić information content (AvgIpc) is 3.61. The number of para-hydroxylation sites is 1. The number of nitrogens with zero attached hydrogens (tertiary/aromatic N) is 3. The van der Waals surface area contributed by atoms with Crippen molar-refractivity contribution in [2.45, 2.75) is 0 Å². The fourth-order valence-electron chi connectivity index (χ4n) is 7.25. The Kier molecular flexibility index (Phi) is 6.78. The van der Waals surface area contributed by atoms with E-state index in [-0.39, 0.29) is 0 Å². The molecule has 0 amide bonds. The van der Waals surface area contributed by atoms with Gasteiger partial charge in [-0.15, -0.1) is 0 Å². The molecule has 0 fully saturated rings. The Morgan fingerprint density at radius 1 is 0.392 bits per heavy atom. The average molecular weight is 652 g/mol. The van der Waals surface area contributed by atoms with Crippen LogP contribution in [0.25, 0.3) is 99.9 Å². The number of aromatic nitrogens is 3. The van der Waals surface area contributed by atoms with Gasteiger partial charge in [0.25, 0.3) is 0 Å². The van der Waals surface area contributed by atoms with Crippen molar-refractivity contribution in [1.29, 1.82) is 0 Å². The van der Waals surface area contributed by atoms with E-state index in [0.29, 0.717) is 5.82 Å². The monoisotopic (exact) mass is 651 g/mol. The zero-order valence-electron chi connectivity index (χ0n) is 27.5. The van der Waals surface area contributed by atoms with Gasteiger partial charge < -0.3 is 4.42 Å². The minimum Gasteiger partial charge on any atom is -0.455 e. The molecule has 0 aliphatic rings. The van der Waals surface area contributed by atoms with Crippen LogP contribution < -0.4 is 0 Å². The lowest BCUT2D eigenvalue weighted by Crippen LogP contribution is -1.98. The van der Waals surface area contributed by atoms with Crippen molar-refractivity contribution >= 4 is 43.6 Å². The second kappa shape index (κ2) is 11.9. The number of benzene rings is 7. The first kappa shape index (κ1) is 29.0. The smallest absolute Gasteiger partial charge is 0.161 e. The summed E-state index contributed by atoms with van der Waals surface area (Å²) >= 11 is 0. The van der Waals surface area contributed by atoms with Crippen LogP contribution in [0.1, 0.15) is 0 Å². The lowest BCUT2D eigenvalue weighted by Gasteiger charge is -2.13. The first-order chi connectivity index (χ1) is 25.3. The molecule has 10 aromatic rings.